The maximum Gasteiger partial charge on any atom is 0.122 e. The predicted octanol–water partition coefficient (Wildman–Crippen LogP) is 3.41. The Kier molecular flexibility index (Phi) is 5.39. The molecule has 20 heavy (non-hydrogen) atoms. The number of furan rings is 1. The van der Waals surface area contributed by atoms with Crippen LogP contribution < -0.4 is 5.32 Å². The number of nitrogens with zero attached hydrogens (tertiary/aromatic N) is 1. The molecule has 1 aromatic carbocycles. The number of hydrogen-bond acceptors (Lipinski definition) is 3. The van der Waals surface area contributed by atoms with Crippen LogP contribution in [0.2, 0.25) is 0 Å². The Bertz CT molecular complexity index is 505. The van der Waals surface area contributed by atoms with E-state index in [1.54, 1.807) is 6.26 Å². The average Bonchev–Trinajstić information content (AvgIpc) is 2.87. The smallest absolute Gasteiger partial charge is 0.122 e. The third-order valence-corrected chi connectivity index (χ3v) is 3.51. The topological polar surface area (TPSA) is 28.4 Å². The first-order valence-corrected chi connectivity index (χ1v) is 7.18. The fourth-order valence-electron chi connectivity index (χ4n) is 2.28. The summed E-state index contributed by atoms with van der Waals surface area (Å²) in [5.41, 5.74) is 2.61. The third kappa shape index (κ3) is 3.95. The maximum atomic E-state index is 5.55. The Morgan fingerprint density at radius 3 is 2.50 bits per heavy atom. The summed E-state index contributed by atoms with van der Waals surface area (Å²) in [6, 6.07) is 13.2. The molecule has 2 rings (SSSR count). The number of rotatable bonds is 7. The lowest BCUT2D eigenvalue weighted by atomic mass is 10.1. The van der Waals surface area contributed by atoms with Crippen LogP contribution in [0, 0.1) is 0 Å². The zero-order valence-electron chi connectivity index (χ0n) is 12.6. The van der Waals surface area contributed by atoms with Crippen molar-refractivity contribution in [3.8, 4) is 0 Å². The van der Waals surface area contributed by atoms with Crippen molar-refractivity contribution in [1.29, 1.82) is 0 Å². The average molecular weight is 272 g/mol. The summed E-state index contributed by atoms with van der Waals surface area (Å²) in [5.74, 6) is 1.03. The molecule has 108 valence electrons. The fraction of sp³-hybridized carbons (Fsp3) is 0.412. The zero-order chi connectivity index (χ0) is 14.4. The minimum atomic E-state index is 0.493. The van der Waals surface area contributed by atoms with E-state index >= 15 is 0 Å². The third-order valence-electron chi connectivity index (χ3n) is 3.51. The molecule has 1 N–H and O–H groups in total. The molecular formula is C17H24N2O. The standard InChI is InChI=1S/C17H24N2O/c1-14(2)19(12-15-7-5-4-6-8-15)13-16-9-10-20-17(16)11-18-3/h4-10,14,18H,11-13H2,1-3H3. The second kappa shape index (κ2) is 7.27. The monoisotopic (exact) mass is 272 g/mol. The summed E-state index contributed by atoms with van der Waals surface area (Å²) < 4.78 is 5.55. The Morgan fingerprint density at radius 2 is 1.85 bits per heavy atom. The van der Waals surface area contributed by atoms with E-state index in [0.29, 0.717) is 6.04 Å². The Morgan fingerprint density at radius 1 is 1.10 bits per heavy atom. The lowest BCUT2D eigenvalue weighted by Gasteiger charge is -2.26. The first kappa shape index (κ1) is 14.8. The van der Waals surface area contributed by atoms with Crippen LogP contribution in [-0.4, -0.2) is 18.0 Å². The summed E-state index contributed by atoms with van der Waals surface area (Å²) in [6.45, 7) is 7.13. The van der Waals surface area contributed by atoms with Crippen LogP contribution in [0.5, 0.6) is 0 Å². The van der Waals surface area contributed by atoms with Crippen LogP contribution in [0.25, 0.3) is 0 Å². The maximum absolute atomic E-state index is 5.55. The molecule has 1 heterocycles. The predicted molar refractivity (Wildman–Crippen MR) is 82.3 cm³/mol. The Balaban J connectivity index is 2.07. The highest BCUT2D eigenvalue weighted by atomic mass is 16.3. The van der Waals surface area contributed by atoms with Gasteiger partial charge in [-0.1, -0.05) is 30.3 Å². The first-order valence-electron chi connectivity index (χ1n) is 7.18. The fourth-order valence-corrected chi connectivity index (χ4v) is 2.28. The Labute approximate surface area is 121 Å². The molecule has 0 aliphatic heterocycles. The minimum absolute atomic E-state index is 0.493. The molecule has 1 aromatic heterocycles. The molecule has 2 aromatic rings. The minimum Gasteiger partial charge on any atom is -0.468 e. The molecule has 0 radical (unpaired) electrons. The SMILES string of the molecule is CNCc1occc1CN(Cc1ccccc1)C(C)C. The molecule has 0 unspecified atom stereocenters. The van der Waals surface area contributed by atoms with E-state index < -0.39 is 0 Å². The van der Waals surface area contributed by atoms with E-state index in [-0.39, 0.29) is 0 Å². The van der Waals surface area contributed by atoms with Crippen molar-refractivity contribution in [2.75, 3.05) is 7.05 Å². The van der Waals surface area contributed by atoms with Gasteiger partial charge in [0, 0.05) is 24.7 Å². The summed E-state index contributed by atoms with van der Waals surface area (Å²) in [4.78, 5) is 2.46. The highest BCUT2D eigenvalue weighted by Crippen LogP contribution is 2.17. The molecule has 0 amide bonds. The molecule has 0 aliphatic rings. The second-order valence-electron chi connectivity index (χ2n) is 5.38. The van der Waals surface area contributed by atoms with Gasteiger partial charge in [-0.25, -0.2) is 0 Å². The molecule has 0 spiro atoms. The van der Waals surface area contributed by atoms with Crippen molar-refractivity contribution < 1.29 is 4.42 Å². The van der Waals surface area contributed by atoms with Gasteiger partial charge in [-0.05, 0) is 32.5 Å². The van der Waals surface area contributed by atoms with Gasteiger partial charge in [0.05, 0.1) is 12.8 Å². The lowest BCUT2D eigenvalue weighted by Crippen LogP contribution is -2.30. The quantitative estimate of drug-likeness (QED) is 0.837. The molecule has 3 heteroatoms. The van der Waals surface area contributed by atoms with E-state index in [4.69, 9.17) is 4.42 Å². The molecule has 0 aliphatic carbocycles. The van der Waals surface area contributed by atoms with Crippen LogP contribution in [0.3, 0.4) is 0 Å². The highest BCUT2D eigenvalue weighted by molar-refractivity contribution is 5.18. The van der Waals surface area contributed by atoms with Crippen molar-refractivity contribution in [3.05, 3.63) is 59.5 Å². The van der Waals surface area contributed by atoms with Gasteiger partial charge >= 0.3 is 0 Å². The summed E-state index contributed by atoms with van der Waals surface area (Å²) in [5, 5.41) is 3.15. The number of benzene rings is 1. The molecule has 3 nitrogen and oxygen atoms in total. The van der Waals surface area contributed by atoms with Crippen LogP contribution in [-0.2, 0) is 19.6 Å². The molecule has 0 fully saturated rings. The molecule has 0 saturated heterocycles. The van der Waals surface area contributed by atoms with Gasteiger partial charge in [-0.15, -0.1) is 0 Å². The van der Waals surface area contributed by atoms with Crippen LogP contribution in [0.1, 0.15) is 30.7 Å². The van der Waals surface area contributed by atoms with Crippen LogP contribution >= 0.6 is 0 Å². The normalized spacial score (nSPS) is 11.4. The largest absolute Gasteiger partial charge is 0.468 e. The zero-order valence-corrected chi connectivity index (χ0v) is 12.6. The van der Waals surface area contributed by atoms with Gasteiger partial charge in [0.25, 0.3) is 0 Å². The van der Waals surface area contributed by atoms with Crippen molar-refractivity contribution in [1.82, 2.24) is 10.2 Å². The van der Waals surface area contributed by atoms with Crippen molar-refractivity contribution in [3.63, 3.8) is 0 Å². The molecule has 0 atom stereocenters. The first-order chi connectivity index (χ1) is 9.70. The van der Waals surface area contributed by atoms with E-state index in [2.05, 4.69) is 60.5 Å². The number of nitrogens with one attached hydrogen (secondary N) is 1. The van der Waals surface area contributed by atoms with Gasteiger partial charge in [0.2, 0.25) is 0 Å². The molecular weight excluding hydrogens is 248 g/mol. The van der Waals surface area contributed by atoms with Gasteiger partial charge in [0.1, 0.15) is 5.76 Å². The molecule has 0 saturated carbocycles. The van der Waals surface area contributed by atoms with E-state index in [0.717, 1.165) is 25.4 Å². The summed E-state index contributed by atoms with van der Waals surface area (Å²) >= 11 is 0. The summed E-state index contributed by atoms with van der Waals surface area (Å²) in [6.07, 6.45) is 1.78. The lowest BCUT2D eigenvalue weighted by molar-refractivity contribution is 0.202. The van der Waals surface area contributed by atoms with Gasteiger partial charge < -0.3 is 9.73 Å². The van der Waals surface area contributed by atoms with E-state index in [1.165, 1.54) is 11.1 Å². The van der Waals surface area contributed by atoms with Gasteiger partial charge in [-0.2, -0.15) is 0 Å². The van der Waals surface area contributed by atoms with E-state index in [1.807, 2.05) is 7.05 Å². The summed E-state index contributed by atoms with van der Waals surface area (Å²) in [7, 11) is 1.94. The van der Waals surface area contributed by atoms with Gasteiger partial charge in [0.15, 0.2) is 0 Å². The van der Waals surface area contributed by atoms with Crippen molar-refractivity contribution in [2.45, 2.75) is 39.5 Å². The van der Waals surface area contributed by atoms with Gasteiger partial charge in [-0.3, -0.25) is 4.90 Å². The van der Waals surface area contributed by atoms with Crippen molar-refractivity contribution >= 4 is 0 Å². The van der Waals surface area contributed by atoms with Crippen LogP contribution in [0.4, 0.5) is 0 Å². The van der Waals surface area contributed by atoms with Crippen LogP contribution in [0.15, 0.2) is 47.1 Å². The molecule has 0 bridgehead atoms. The second-order valence-corrected chi connectivity index (χ2v) is 5.38. The highest BCUT2D eigenvalue weighted by Gasteiger charge is 2.14. The van der Waals surface area contributed by atoms with E-state index in [9.17, 15) is 0 Å². The number of hydrogen-bond donors (Lipinski definition) is 1. The Hall–Kier alpha value is -1.58. The van der Waals surface area contributed by atoms with Crippen molar-refractivity contribution in [2.24, 2.45) is 0 Å².